The Morgan fingerprint density at radius 3 is 3.00 bits per heavy atom. The van der Waals surface area contributed by atoms with Crippen LogP contribution in [0.3, 0.4) is 0 Å². The van der Waals surface area contributed by atoms with Crippen molar-refractivity contribution in [3.8, 4) is 6.07 Å². The van der Waals surface area contributed by atoms with Crippen LogP contribution in [0.4, 0.5) is 0 Å². The molecule has 2 aromatic rings. The van der Waals surface area contributed by atoms with Gasteiger partial charge in [0.05, 0.1) is 5.52 Å². The molecule has 0 amide bonds. The molecule has 0 atom stereocenters. The van der Waals surface area contributed by atoms with Crippen molar-refractivity contribution in [2.24, 2.45) is 0 Å². The summed E-state index contributed by atoms with van der Waals surface area (Å²) in [7, 11) is 0. The van der Waals surface area contributed by atoms with Gasteiger partial charge in [0.2, 0.25) is 5.43 Å². The number of H-pyrrole nitrogens is 1. The van der Waals surface area contributed by atoms with Crippen molar-refractivity contribution in [1.29, 1.82) is 5.26 Å². The van der Waals surface area contributed by atoms with Gasteiger partial charge in [0.1, 0.15) is 17.1 Å². The van der Waals surface area contributed by atoms with Gasteiger partial charge in [0.15, 0.2) is 0 Å². The van der Waals surface area contributed by atoms with Crippen LogP contribution in [0.15, 0.2) is 23.3 Å². The molecule has 70 valence electrons. The molecule has 0 spiro atoms. The molecule has 1 N–H and O–H groups in total. The third kappa shape index (κ3) is 1.95. The number of nitriles is 1. The molecule has 0 saturated heterocycles. The van der Waals surface area contributed by atoms with Gasteiger partial charge in [-0.05, 0) is 18.6 Å². The first-order valence-electron chi connectivity index (χ1n) is 4.11. The molecular formula is C10H8N3NaO. The van der Waals surface area contributed by atoms with Gasteiger partial charge in [-0.2, -0.15) is 5.26 Å². The second kappa shape index (κ2) is 4.58. The molecule has 2 rings (SSSR count). The average Bonchev–Trinajstić information content (AvgIpc) is 2.20. The number of fused-ring (bicyclic) bond motifs is 1. The molecule has 0 aliphatic carbocycles. The zero-order valence-electron chi connectivity index (χ0n) is 9.53. The van der Waals surface area contributed by atoms with Gasteiger partial charge in [-0.3, -0.25) is 9.78 Å². The van der Waals surface area contributed by atoms with Crippen molar-refractivity contribution < 1.29 is 31.0 Å². The number of nitrogens with zero attached hydrogens (tertiary/aromatic N) is 2. The van der Waals surface area contributed by atoms with Crippen LogP contribution in [0.2, 0.25) is 0 Å². The van der Waals surface area contributed by atoms with E-state index in [1.165, 1.54) is 6.20 Å². The first kappa shape index (κ1) is 11.9. The van der Waals surface area contributed by atoms with E-state index >= 15 is 0 Å². The molecule has 0 fully saturated rings. The van der Waals surface area contributed by atoms with Crippen LogP contribution in [-0.2, 0) is 0 Å². The monoisotopic (exact) mass is 209 g/mol. The van der Waals surface area contributed by atoms with E-state index in [4.69, 9.17) is 5.26 Å². The number of hydrogen-bond donors (Lipinski definition) is 1. The number of nitrogens with one attached hydrogen (secondary N) is 1. The molecule has 0 radical (unpaired) electrons. The van der Waals surface area contributed by atoms with E-state index in [1.807, 2.05) is 19.1 Å². The number of rotatable bonds is 0. The third-order valence-electron chi connectivity index (χ3n) is 2.10. The topological polar surface area (TPSA) is 69.5 Å². The zero-order valence-corrected chi connectivity index (χ0v) is 10.5. The van der Waals surface area contributed by atoms with Gasteiger partial charge < -0.3 is 6.41 Å². The van der Waals surface area contributed by atoms with E-state index < -0.39 is 0 Å². The van der Waals surface area contributed by atoms with Crippen LogP contribution in [0.5, 0.6) is 0 Å². The van der Waals surface area contributed by atoms with Crippen LogP contribution in [-0.4, -0.2) is 9.97 Å². The van der Waals surface area contributed by atoms with Crippen molar-refractivity contribution in [2.75, 3.05) is 0 Å². The summed E-state index contributed by atoms with van der Waals surface area (Å²) in [6.07, 6.45) is 2.98. The molecule has 5 heteroatoms. The van der Waals surface area contributed by atoms with Crippen LogP contribution in [0, 0.1) is 18.3 Å². The van der Waals surface area contributed by atoms with Gasteiger partial charge in [0, 0.05) is 12.4 Å². The van der Waals surface area contributed by atoms with E-state index in [2.05, 4.69) is 9.97 Å². The Morgan fingerprint density at radius 2 is 2.33 bits per heavy atom. The second-order valence-electron chi connectivity index (χ2n) is 2.99. The number of hydrogen-bond acceptors (Lipinski definition) is 3. The van der Waals surface area contributed by atoms with Crippen molar-refractivity contribution >= 4 is 11.0 Å². The maximum absolute atomic E-state index is 11.6. The Bertz CT molecular complexity index is 603. The Hall–Kier alpha value is -1.15. The van der Waals surface area contributed by atoms with Crippen LogP contribution in [0.25, 0.3) is 11.0 Å². The summed E-state index contributed by atoms with van der Waals surface area (Å²) in [5.41, 5.74) is 1.73. The fraction of sp³-hybridized carbons (Fsp3) is 0.100. The Morgan fingerprint density at radius 1 is 1.60 bits per heavy atom. The summed E-state index contributed by atoms with van der Waals surface area (Å²) in [6, 6.07) is 3.63. The molecule has 4 nitrogen and oxygen atoms in total. The van der Waals surface area contributed by atoms with E-state index in [0.29, 0.717) is 11.0 Å². The van der Waals surface area contributed by atoms with Crippen molar-refractivity contribution in [3.63, 3.8) is 0 Å². The maximum Gasteiger partial charge on any atom is 1.00 e. The minimum absolute atomic E-state index is 0. The normalized spacial score (nSPS) is 9.33. The van der Waals surface area contributed by atoms with Gasteiger partial charge in [-0.15, -0.1) is 0 Å². The summed E-state index contributed by atoms with van der Waals surface area (Å²) in [4.78, 5) is 18.5. The third-order valence-corrected chi connectivity index (χ3v) is 2.10. The summed E-state index contributed by atoms with van der Waals surface area (Å²) < 4.78 is 0. The molecule has 2 heterocycles. The van der Waals surface area contributed by atoms with Gasteiger partial charge in [-0.25, -0.2) is 0 Å². The van der Waals surface area contributed by atoms with E-state index in [1.54, 1.807) is 6.20 Å². The first-order chi connectivity index (χ1) is 6.74. The number of aromatic nitrogens is 2. The molecule has 15 heavy (non-hydrogen) atoms. The zero-order chi connectivity index (χ0) is 10.1. The van der Waals surface area contributed by atoms with Crippen molar-refractivity contribution in [1.82, 2.24) is 9.97 Å². The molecule has 0 saturated carbocycles. The standard InChI is InChI=1S/C10H7N3O.Na.H/c1-6-2-3-12-9-8(6)13-5-7(4-11)10(9)14;;/h2-3,5H,1H3,(H,13,14);;/q;+1;-1. The molecule has 0 aliphatic rings. The fourth-order valence-corrected chi connectivity index (χ4v) is 1.33. The largest absolute Gasteiger partial charge is 1.00 e. The SMILES string of the molecule is Cc1ccnc2c(=O)c(C#N)c[nH]c12.[H-].[Na+]. The Kier molecular flexibility index (Phi) is 3.64. The minimum Gasteiger partial charge on any atom is -1.00 e. The molecule has 2 aromatic heterocycles. The predicted molar refractivity (Wildman–Crippen MR) is 52.9 cm³/mol. The number of aromatic amines is 1. The van der Waals surface area contributed by atoms with Crippen LogP contribution >= 0.6 is 0 Å². The van der Waals surface area contributed by atoms with Crippen LogP contribution < -0.4 is 35.0 Å². The van der Waals surface area contributed by atoms with E-state index in [0.717, 1.165) is 5.56 Å². The molecular weight excluding hydrogens is 201 g/mol. The van der Waals surface area contributed by atoms with Gasteiger partial charge in [-0.1, -0.05) is 0 Å². The summed E-state index contributed by atoms with van der Waals surface area (Å²) in [6.45, 7) is 1.88. The smallest absolute Gasteiger partial charge is 1.00 e. The molecule has 0 bridgehead atoms. The molecule has 0 aliphatic heterocycles. The van der Waals surface area contributed by atoms with E-state index in [9.17, 15) is 4.79 Å². The first-order valence-corrected chi connectivity index (χ1v) is 4.11. The van der Waals surface area contributed by atoms with Gasteiger partial charge in [0.25, 0.3) is 0 Å². The quantitative estimate of drug-likeness (QED) is 0.521. The van der Waals surface area contributed by atoms with Gasteiger partial charge >= 0.3 is 29.6 Å². The van der Waals surface area contributed by atoms with Crippen molar-refractivity contribution in [2.45, 2.75) is 6.92 Å². The summed E-state index contributed by atoms with van der Waals surface area (Å²) in [5.74, 6) is 0. The summed E-state index contributed by atoms with van der Waals surface area (Å²) >= 11 is 0. The predicted octanol–water partition coefficient (Wildman–Crippen LogP) is -1.78. The minimum atomic E-state index is -0.315. The Balaban J connectivity index is 0.00000112. The van der Waals surface area contributed by atoms with Crippen molar-refractivity contribution in [3.05, 3.63) is 39.8 Å². The molecule has 0 aromatic carbocycles. The molecule has 0 unspecified atom stereocenters. The number of pyridine rings is 2. The maximum atomic E-state index is 11.6. The Labute approximate surface area is 110 Å². The average molecular weight is 209 g/mol. The fourth-order valence-electron chi connectivity index (χ4n) is 1.33. The van der Waals surface area contributed by atoms with Crippen LogP contribution in [0.1, 0.15) is 12.6 Å². The second-order valence-corrected chi connectivity index (χ2v) is 2.99. The van der Waals surface area contributed by atoms with E-state index in [-0.39, 0.29) is 42.0 Å². The summed E-state index contributed by atoms with van der Waals surface area (Å²) in [5, 5.41) is 8.65. The number of aryl methyl sites for hydroxylation is 1.